The first-order valence-corrected chi connectivity index (χ1v) is 7.50. The molecular formula is C16H21FN2O3. The summed E-state index contributed by atoms with van der Waals surface area (Å²) in [5, 5.41) is 2.71. The predicted molar refractivity (Wildman–Crippen MR) is 81.1 cm³/mol. The molecule has 2 amide bonds. The van der Waals surface area contributed by atoms with Crippen LogP contribution in [-0.4, -0.2) is 36.6 Å². The number of anilines is 1. The van der Waals surface area contributed by atoms with Gasteiger partial charge in [-0.2, -0.15) is 0 Å². The number of hydrogen-bond donors (Lipinski definition) is 1. The number of carbonyl (C=O) groups excluding carboxylic acids is 2. The Hall–Kier alpha value is -2.11. The number of piperidine rings is 1. The van der Waals surface area contributed by atoms with Crippen molar-refractivity contribution in [3.05, 3.63) is 29.6 Å². The molecule has 1 aromatic rings. The van der Waals surface area contributed by atoms with Crippen molar-refractivity contribution in [1.29, 1.82) is 0 Å². The van der Waals surface area contributed by atoms with Crippen LogP contribution >= 0.6 is 0 Å². The van der Waals surface area contributed by atoms with Crippen LogP contribution in [0, 0.1) is 18.7 Å². The van der Waals surface area contributed by atoms with E-state index in [1.54, 1.807) is 30.9 Å². The largest absolute Gasteiger partial charge is 0.450 e. The number of hydrogen-bond acceptors (Lipinski definition) is 3. The molecule has 6 heteroatoms. The smallest absolute Gasteiger partial charge is 0.409 e. The lowest BCUT2D eigenvalue weighted by Crippen LogP contribution is -2.44. The number of aryl methyl sites for hydroxylation is 1. The monoisotopic (exact) mass is 308 g/mol. The number of rotatable bonds is 3. The highest BCUT2D eigenvalue weighted by molar-refractivity contribution is 5.93. The van der Waals surface area contributed by atoms with E-state index in [1.807, 2.05) is 0 Å². The molecule has 1 saturated heterocycles. The molecule has 1 aliphatic rings. The zero-order valence-electron chi connectivity index (χ0n) is 12.9. The lowest BCUT2D eigenvalue weighted by molar-refractivity contribution is -0.121. The lowest BCUT2D eigenvalue weighted by atomic mass is 9.97. The summed E-state index contributed by atoms with van der Waals surface area (Å²) in [6.45, 7) is 4.66. The number of amides is 2. The van der Waals surface area contributed by atoms with Crippen molar-refractivity contribution in [2.24, 2.45) is 5.92 Å². The quantitative estimate of drug-likeness (QED) is 0.934. The molecule has 1 fully saturated rings. The Kier molecular flexibility index (Phi) is 5.35. The summed E-state index contributed by atoms with van der Waals surface area (Å²) in [5.41, 5.74) is 0.963. The normalized spacial score (nSPS) is 18.0. The number of nitrogens with zero attached hydrogens (tertiary/aromatic N) is 1. The minimum absolute atomic E-state index is 0.197. The maximum absolute atomic E-state index is 13.5. The third-order valence-electron chi connectivity index (χ3n) is 3.76. The first-order valence-electron chi connectivity index (χ1n) is 7.50. The van der Waals surface area contributed by atoms with Gasteiger partial charge in [0.1, 0.15) is 5.82 Å². The Morgan fingerprint density at radius 1 is 1.45 bits per heavy atom. The SMILES string of the molecule is CCOC(=O)N1CCC[C@H](C(=O)Nc2ccc(C)c(F)c2)C1. The van der Waals surface area contributed by atoms with E-state index in [1.165, 1.54) is 6.07 Å². The van der Waals surface area contributed by atoms with Crippen LogP contribution in [0.3, 0.4) is 0 Å². The molecule has 0 radical (unpaired) electrons. The van der Waals surface area contributed by atoms with Gasteiger partial charge in [0, 0.05) is 18.8 Å². The van der Waals surface area contributed by atoms with Gasteiger partial charge in [-0.15, -0.1) is 0 Å². The average Bonchev–Trinajstić information content (AvgIpc) is 2.51. The van der Waals surface area contributed by atoms with Gasteiger partial charge in [0.25, 0.3) is 0 Å². The van der Waals surface area contributed by atoms with E-state index in [2.05, 4.69) is 5.32 Å². The zero-order valence-corrected chi connectivity index (χ0v) is 12.9. The molecule has 1 aliphatic heterocycles. The van der Waals surface area contributed by atoms with Crippen molar-refractivity contribution < 1.29 is 18.7 Å². The Morgan fingerprint density at radius 3 is 2.91 bits per heavy atom. The topological polar surface area (TPSA) is 58.6 Å². The van der Waals surface area contributed by atoms with E-state index >= 15 is 0 Å². The molecule has 1 N–H and O–H groups in total. The van der Waals surface area contributed by atoms with Crippen LogP contribution in [0.5, 0.6) is 0 Å². The number of ether oxygens (including phenoxy) is 1. The highest BCUT2D eigenvalue weighted by atomic mass is 19.1. The molecule has 22 heavy (non-hydrogen) atoms. The maximum Gasteiger partial charge on any atom is 0.409 e. The standard InChI is InChI=1S/C16H21FN2O3/c1-3-22-16(21)19-8-4-5-12(10-19)15(20)18-13-7-6-11(2)14(17)9-13/h6-7,9,12H,3-5,8,10H2,1-2H3,(H,18,20)/t12-/m0/s1. The fourth-order valence-electron chi connectivity index (χ4n) is 2.49. The molecule has 0 saturated carbocycles. The van der Waals surface area contributed by atoms with E-state index in [-0.39, 0.29) is 23.7 Å². The van der Waals surface area contributed by atoms with E-state index in [0.717, 1.165) is 6.42 Å². The summed E-state index contributed by atoms with van der Waals surface area (Å²) in [6, 6.07) is 4.60. The number of likely N-dealkylation sites (tertiary alicyclic amines) is 1. The summed E-state index contributed by atoms with van der Waals surface area (Å²) in [4.78, 5) is 25.6. The van der Waals surface area contributed by atoms with Gasteiger partial charge in [0.2, 0.25) is 5.91 Å². The molecule has 5 nitrogen and oxygen atoms in total. The number of halogens is 1. The Balaban J connectivity index is 1.96. The molecule has 1 atom stereocenters. The van der Waals surface area contributed by atoms with Crippen LogP contribution in [0.2, 0.25) is 0 Å². The molecule has 0 bridgehead atoms. The molecule has 2 rings (SSSR count). The molecule has 120 valence electrons. The van der Waals surface area contributed by atoms with Crippen LogP contribution < -0.4 is 5.32 Å². The maximum atomic E-state index is 13.5. The molecule has 1 heterocycles. The van der Waals surface area contributed by atoms with Crippen molar-refractivity contribution in [3.8, 4) is 0 Å². The van der Waals surface area contributed by atoms with Crippen molar-refractivity contribution in [2.75, 3.05) is 25.0 Å². The molecular weight excluding hydrogens is 287 g/mol. The van der Waals surface area contributed by atoms with Crippen LogP contribution in [0.4, 0.5) is 14.9 Å². The Labute approximate surface area is 129 Å². The minimum atomic E-state index is -0.388. The summed E-state index contributed by atoms with van der Waals surface area (Å²) in [6.07, 6.45) is 1.07. The molecule has 0 spiro atoms. The van der Waals surface area contributed by atoms with Crippen molar-refractivity contribution in [1.82, 2.24) is 4.90 Å². The Morgan fingerprint density at radius 2 is 2.23 bits per heavy atom. The van der Waals surface area contributed by atoms with Crippen molar-refractivity contribution in [3.63, 3.8) is 0 Å². The number of nitrogens with one attached hydrogen (secondary N) is 1. The van der Waals surface area contributed by atoms with Gasteiger partial charge >= 0.3 is 6.09 Å². The second-order valence-corrected chi connectivity index (χ2v) is 5.44. The summed E-state index contributed by atoms with van der Waals surface area (Å²) in [7, 11) is 0. The van der Waals surface area contributed by atoms with E-state index in [9.17, 15) is 14.0 Å². The van der Waals surface area contributed by atoms with Gasteiger partial charge in [-0.3, -0.25) is 4.79 Å². The van der Waals surface area contributed by atoms with Crippen LogP contribution in [0.1, 0.15) is 25.3 Å². The van der Waals surface area contributed by atoms with Crippen molar-refractivity contribution in [2.45, 2.75) is 26.7 Å². The molecule has 0 unspecified atom stereocenters. The van der Waals surface area contributed by atoms with Gasteiger partial charge < -0.3 is 15.0 Å². The number of benzene rings is 1. The second-order valence-electron chi connectivity index (χ2n) is 5.44. The fourth-order valence-corrected chi connectivity index (χ4v) is 2.49. The summed E-state index contributed by atoms with van der Waals surface area (Å²) < 4.78 is 18.5. The number of carbonyl (C=O) groups is 2. The Bertz CT molecular complexity index is 562. The predicted octanol–water partition coefficient (Wildman–Crippen LogP) is 2.94. The third kappa shape index (κ3) is 3.96. The zero-order chi connectivity index (χ0) is 16.1. The highest BCUT2D eigenvalue weighted by Crippen LogP contribution is 2.20. The highest BCUT2D eigenvalue weighted by Gasteiger charge is 2.29. The third-order valence-corrected chi connectivity index (χ3v) is 3.76. The lowest BCUT2D eigenvalue weighted by Gasteiger charge is -2.31. The van der Waals surface area contributed by atoms with Gasteiger partial charge in [-0.05, 0) is 44.4 Å². The molecule has 1 aromatic carbocycles. The van der Waals surface area contributed by atoms with Gasteiger partial charge in [-0.25, -0.2) is 9.18 Å². The van der Waals surface area contributed by atoms with Gasteiger partial charge in [-0.1, -0.05) is 6.07 Å². The first-order chi connectivity index (χ1) is 10.5. The van der Waals surface area contributed by atoms with Gasteiger partial charge in [0.15, 0.2) is 0 Å². The summed E-state index contributed by atoms with van der Waals surface area (Å²) in [5.74, 6) is -0.852. The van der Waals surface area contributed by atoms with Crippen LogP contribution in [0.25, 0.3) is 0 Å². The fraction of sp³-hybridized carbons (Fsp3) is 0.500. The van der Waals surface area contributed by atoms with E-state index < -0.39 is 0 Å². The van der Waals surface area contributed by atoms with Crippen LogP contribution in [-0.2, 0) is 9.53 Å². The average molecular weight is 308 g/mol. The minimum Gasteiger partial charge on any atom is -0.450 e. The van der Waals surface area contributed by atoms with Gasteiger partial charge in [0.05, 0.1) is 12.5 Å². The molecule has 0 aliphatic carbocycles. The first kappa shape index (κ1) is 16.3. The summed E-state index contributed by atoms with van der Waals surface area (Å²) >= 11 is 0. The van der Waals surface area contributed by atoms with E-state index in [4.69, 9.17) is 4.74 Å². The van der Waals surface area contributed by atoms with E-state index in [0.29, 0.717) is 37.4 Å². The molecule has 0 aromatic heterocycles. The van der Waals surface area contributed by atoms with Crippen molar-refractivity contribution >= 4 is 17.7 Å². The van der Waals surface area contributed by atoms with Crippen LogP contribution in [0.15, 0.2) is 18.2 Å². The second kappa shape index (κ2) is 7.24.